The molecule has 1 aromatic heterocycles. The molecule has 0 unspecified atom stereocenters. The minimum absolute atomic E-state index is 0.0841. The molecule has 1 aliphatic carbocycles. The molecule has 0 amide bonds. The number of fused-ring (bicyclic) bond motifs is 6. The summed E-state index contributed by atoms with van der Waals surface area (Å²) in [6.07, 6.45) is 0. The maximum Gasteiger partial charge on any atom is 0.136 e. The summed E-state index contributed by atoms with van der Waals surface area (Å²) < 4.78 is 6.29. The van der Waals surface area contributed by atoms with E-state index in [2.05, 4.69) is 219 Å². The number of hydrogen-bond acceptors (Lipinski definition) is 2. The highest BCUT2D eigenvalue weighted by atomic mass is 16.3. The summed E-state index contributed by atoms with van der Waals surface area (Å²) in [6.45, 7) is 4.71. The predicted molar refractivity (Wildman–Crippen MR) is 248 cm³/mol. The summed E-state index contributed by atoms with van der Waals surface area (Å²) in [5.41, 5.74) is 20.0. The Balaban J connectivity index is 0.985. The normalized spacial score (nSPS) is 12.7. The van der Waals surface area contributed by atoms with E-state index in [0.717, 1.165) is 50.1 Å². The molecule has 1 aliphatic rings. The van der Waals surface area contributed by atoms with Gasteiger partial charge in [0.25, 0.3) is 0 Å². The lowest BCUT2D eigenvalue weighted by Gasteiger charge is -2.26. The summed E-state index contributed by atoms with van der Waals surface area (Å²) in [5.74, 6) is 0. The summed E-state index contributed by atoms with van der Waals surface area (Å²) in [5, 5.41) is 2.27. The second-order valence-electron chi connectivity index (χ2n) is 16.1. The monoisotopic (exact) mass is 755 g/mol. The summed E-state index contributed by atoms with van der Waals surface area (Å²) in [4.78, 5) is 2.36. The van der Waals surface area contributed by atoms with Gasteiger partial charge in [-0.25, -0.2) is 0 Å². The molecule has 0 bridgehead atoms. The van der Waals surface area contributed by atoms with Gasteiger partial charge in [-0.05, 0) is 127 Å². The third-order valence-corrected chi connectivity index (χ3v) is 12.3. The van der Waals surface area contributed by atoms with Crippen molar-refractivity contribution in [1.29, 1.82) is 0 Å². The standard InChI is InChI=1S/C57H41NO/c1-57(2)52-34-28-42(36-51(52)49-33-27-43(37-53(49)57)39-15-7-4-8-16-39)41-25-31-46(32-26-41)58(45-29-23-40(24-30-45)38-13-5-3-6-14-38)47-18-11-17-44(35-47)48-20-12-22-55-56(48)50-19-9-10-21-54(50)59-55/h3-37H,1-2H3. The molecule has 2 nitrogen and oxygen atoms in total. The average molecular weight is 756 g/mol. The maximum atomic E-state index is 6.29. The van der Waals surface area contributed by atoms with Gasteiger partial charge in [0.15, 0.2) is 0 Å². The number of para-hydroxylation sites is 1. The molecular formula is C57H41NO. The largest absolute Gasteiger partial charge is 0.456 e. The third-order valence-electron chi connectivity index (χ3n) is 12.3. The lowest BCUT2D eigenvalue weighted by atomic mass is 9.81. The van der Waals surface area contributed by atoms with Crippen molar-refractivity contribution in [3.63, 3.8) is 0 Å². The van der Waals surface area contributed by atoms with E-state index >= 15 is 0 Å². The van der Waals surface area contributed by atoms with E-state index in [1.165, 1.54) is 55.6 Å². The molecular weight excluding hydrogens is 715 g/mol. The van der Waals surface area contributed by atoms with Crippen LogP contribution in [0.3, 0.4) is 0 Å². The second-order valence-corrected chi connectivity index (χ2v) is 16.1. The molecule has 11 rings (SSSR count). The zero-order valence-electron chi connectivity index (χ0n) is 33.1. The first kappa shape index (κ1) is 34.8. The molecule has 0 fully saturated rings. The fourth-order valence-corrected chi connectivity index (χ4v) is 9.25. The minimum Gasteiger partial charge on any atom is -0.456 e. The van der Waals surface area contributed by atoms with Crippen molar-refractivity contribution in [2.45, 2.75) is 19.3 Å². The smallest absolute Gasteiger partial charge is 0.136 e. The summed E-state index contributed by atoms with van der Waals surface area (Å²) in [7, 11) is 0. The first-order valence-corrected chi connectivity index (χ1v) is 20.4. The van der Waals surface area contributed by atoms with Gasteiger partial charge in [0.1, 0.15) is 11.2 Å². The molecule has 10 aromatic rings. The third kappa shape index (κ3) is 5.96. The zero-order valence-corrected chi connectivity index (χ0v) is 33.1. The van der Waals surface area contributed by atoms with Crippen molar-refractivity contribution in [1.82, 2.24) is 0 Å². The van der Waals surface area contributed by atoms with Crippen LogP contribution in [0.5, 0.6) is 0 Å². The van der Waals surface area contributed by atoms with Crippen LogP contribution in [0.15, 0.2) is 217 Å². The highest BCUT2D eigenvalue weighted by molar-refractivity contribution is 6.12. The van der Waals surface area contributed by atoms with Gasteiger partial charge in [0, 0.05) is 33.2 Å². The lowest BCUT2D eigenvalue weighted by molar-refractivity contribution is 0.660. The van der Waals surface area contributed by atoms with Crippen LogP contribution in [-0.4, -0.2) is 0 Å². The van der Waals surface area contributed by atoms with Crippen molar-refractivity contribution in [2.24, 2.45) is 0 Å². The van der Waals surface area contributed by atoms with Crippen molar-refractivity contribution in [3.8, 4) is 55.6 Å². The Morgan fingerprint density at radius 1 is 0.339 bits per heavy atom. The predicted octanol–water partition coefficient (Wildman–Crippen LogP) is 16.0. The molecule has 0 saturated heterocycles. The lowest BCUT2D eigenvalue weighted by Crippen LogP contribution is -2.15. The van der Waals surface area contributed by atoms with Gasteiger partial charge in [0.05, 0.1) is 0 Å². The molecule has 0 N–H and O–H groups in total. The van der Waals surface area contributed by atoms with Crippen LogP contribution >= 0.6 is 0 Å². The Bertz CT molecular complexity index is 3160. The van der Waals surface area contributed by atoms with Gasteiger partial charge in [-0.2, -0.15) is 0 Å². The highest BCUT2D eigenvalue weighted by Gasteiger charge is 2.35. The topological polar surface area (TPSA) is 16.4 Å². The van der Waals surface area contributed by atoms with Crippen LogP contribution in [0, 0.1) is 0 Å². The van der Waals surface area contributed by atoms with Crippen molar-refractivity contribution in [3.05, 3.63) is 223 Å². The van der Waals surface area contributed by atoms with E-state index in [0.29, 0.717) is 0 Å². The molecule has 59 heavy (non-hydrogen) atoms. The SMILES string of the molecule is CC1(C)c2ccc(-c3ccc(N(c4ccc(-c5ccccc5)cc4)c4cccc(-c5cccc6oc7ccccc7c56)c4)cc3)cc2-c2ccc(-c3ccccc3)cc21. The fourth-order valence-electron chi connectivity index (χ4n) is 9.25. The highest BCUT2D eigenvalue weighted by Crippen LogP contribution is 2.51. The van der Waals surface area contributed by atoms with Gasteiger partial charge in [-0.1, -0.05) is 166 Å². The van der Waals surface area contributed by atoms with E-state index in [9.17, 15) is 0 Å². The average Bonchev–Trinajstić information content (AvgIpc) is 3.79. The van der Waals surface area contributed by atoms with Gasteiger partial charge in [0.2, 0.25) is 0 Å². The first-order valence-electron chi connectivity index (χ1n) is 20.4. The molecule has 0 saturated carbocycles. The van der Waals surface area contributed by atoms with Crippen molar-refractivity contribution < 1.29 is 4.42 Å². The number of hydrogen-bond donors (Lipinski definition) is 0. The molecule has 1 heterocycles. The fraction of sp³-hybridized carbons (Fsp3) is 0.0526. The zero-order chi connectivity index (χ0) is 39.5. The molecule has 0 atom stereocenters. The van der Waals surface area contributed by atoms with Gasteiger partial charge in [-0.15, -0.1) is 0 Å². The van der Waals surface area contributed by atoms with Crippen molar-refractivity contribution in [2.75, 3.05) is 4.90 Å². The van der Waals surface area contributed by atoms with Crippen LogP contribution in [0.4, 0.5) is 17.1 Å². The van der Waals surface area contributed by atoms with Gasteiger partial charge in [-0.3, -0.25) is 0 Å². The number of nitrogens with zero attached hydrogens (tertiary/aromatic N) is 1. The first-order chi connectivity index (χ1) is 29.0. The van der Waals surface area contributed by atoms with E-state index in [1.54, 1.807) is 0 Å². The quantitative estimate of drug-likeness (QED) is 0.161. The van der Waals surface area contributed by atoms with Gasteiger partial charge >= 0.3 is 0 Å². The molecule has 0 spiro atoms. The number of benzene rings is 9. The van der Waals surface area contributed by atoms with E-state index in [4.69, 9.17) is 4.42 Å². The van der Waals surface area contributed by atoms with Crippen molar-refractivity contribution >= 4 is 39.0 Å². The minimum atomic E-state index is -0.0841. The molecule has 280 valence electrons. The van der Waals surface area contributed by atoms with Gasteiger partial charge < -0.3 is 9.32 Å². The van der Waals surface area contributed by atoms with Crippen LogP contribution in [0.25, 0.3) is 77.6 Å². The van der Waals surface area contributed by atoms with Crippen LogP contribution in [-0.2, 0) is 5.41 Å². The Kier molecular flexibility index (Phi) is 8.20. The number of anilines is 3. The van der Waals surface area contributed by atoms with E-state index in [-0.39, 0.29) is 5.41 Å². The summed E-state index contributed by atoms with van der Waals surface area (Å²) >= 11 is 0. The van der Waals surface area contributed by atoms with E-state index in [1.807, 2.05) is 12.1 Å². The number of furan rings is 1. The van der Waals surface area contributed by atoms with Crippen LogP contribution < -0.4 is 4.90 Å². The number of rotatable bonds is 7. The Morgan fingerprint density at radius 3 is 1.61 bits per heavy atom. The van der Waals surface area contributed by atoms with Crippen LogP contribution in [0.2, 0.25) is 0 Å². The Labute approximate surface area is 345 Å². The Hall–Kier alpha value is -7.42. The van der Waals surface area contributed by atoms with Crippen LogP contribution in [0.1, 0.15) is 25.0 Å². The Morgan fingerprint density at radius 2 is 0.881 bits per heavy atom. The summed E-state index contributed by atoms with van der Waals surface area (Å²) in [6, 6.07) is 76.8. The second kappa shape index (κ2) is 13.9. The molecule has 9 aromatic carbocycles. The molecule has 2 heteroatoms. The van der Waals surface area contributed by atoms with E-state index < -0.39 is 0 Å². The molecule has 0 radical (unpaired) electrons. The maximum absolute atomic E-state index is 6.29. The molecule has 0 aliphatic heterocycles.